The van der Waals surface area contributed by atoms with Crippen molar-refractivity contribution in [3.05, 3.63) is 50.4 Å². The van der Waals surface area contributed by atoms with Crippen LogP contribution in [0.25, 0.3) is 0 Å². The molecule has 0 heterocycles. The van der Waals surface area contributed by atoms with Crippen molar-refractivity contribution in [1.29, 1.82) is 0 Å². The van der Waals surface area contributed by atoms with E-state index in [0.29, 0.717) is 28.6 Å². The highest BCUT2D eigenvalue weighted by molar-refractivity contribution is 6.33. The minimum absolute atomic E-state index is 0.0152. The van der Waals surface area contributed by atoms with Crippen LogP contribution in [0.3, 0.4) is 0 Å². The van der Waals surface area contributed by atoms with Crippen LogP contribution in [0.4, 0.5) is 0 Å². The van der Waals surface area contributed by atoms with Gasteiger partial charge >= 0.3 is 0 Å². The van der Waals surface area contributed by atoms with Gasteiger partial charge in [-0.15, -0.1) is 0 Å². The summed E-state index contributed by atoms with van der Waals surface area (Å²) < 4.78 is 0. The topological polar surface area (TPSA) is 165 Å². The number of phenols is 1. The Balaban J connectivity index is 1.82. The molecule has 1 amide bonds. The van der Waals surface area contributed by atoms with Crippen molar-refractivity contribution in [2.75, 3.05) is 27.7 Å². The minimum Gasteiger partial charge on any atom is -0.510 e. The number of aliphatic hydroxyl groups is 3. The summed E-state index contributed by atoms with van der Waals surface area (Å²) in [6, 6.07) is 0.392. The fourth-order valence-corrected chi connectivity index (χ4v) is 6.60. The number of aliphatic hydroxyl groups excluding tert-OH is 2. The zero-order valence-corrected chi connectivity index (χ0v) is 23.5. The lowest BCUT2D eigenvalue weighted by atomic mass is 9.58. The summed E-state index contributed by atoms with van der Waals surface area (Å²) in [5.74, 6) is -6.31. The van der Waals surface area contributed by atoms with Gasteiger partial charge in [0.15, 0.2) is 11.4 Å². The fourth-order valence-electron chi connectivity index (χ4n) is 6.32. The second-order valence-corrected chi connectivity index (χ2v) is 12.0. The molecule has 0 bridgehead atoms. The summed E-state index contributed by atoms with van der Waals surface area (Å²) in [4.78, 5) is 42.7. The summed E-state index contributed by atoms with van der Waals surface area (Å²) in [5.41, 5.74) is 2.65. The van der Waals surface area contributed by atoms with Crippen molar-refractivity contribution >= 4 is 29.1 Å². The number of halogens is 1. The number of benzene rings is 1. The quantitative estimate of drug-likeness (QED) is 0.314. The maximum absolute atomic E-state index is 13.7. The van der Waals surface area contributed by atoms with Crippen molar-refractivity contribution < 1.29 is 34.8 Å². The molecule has 1 aromatic carbocycles. The van der Waals surface area contributed by atoms with Gasteiger partial charge in [0, 0.05) is 23.1 Å². The number of carbonyl (C=O) groups excluding carboxylic acids is 3. The van der Waals surface area contributed by atoms with E-state index in [9.17, 15) is 34.8 Å². The van der Waals surface area contributed by atoms with Gasteiger partial charge in [0.05, 0.1) is 11.6 Å². The molecule has 212 valence electrons. The number of rotatable bonds is 7. The van der Waals surface area contributed by atoms with Gasteiger partial charge in [-0.2, -0.15) is 0 Å². The molecule has 0 aromatic heterocycles. The van der Waals surface area contributed by atoms with Crippen molar-refractivity contribution in [3.63, 3.8) is 0 Å². The molecular formula is C28H36ClN3O7. The Hall–Kier alpha value is -2.92. The average Bonchev–Trinajstić information content (AvgIpc) is 2.82. The van der Waals surface area contributed by atoms with Crippen LogP contribution in [0.2, 0.25) is 5.02 Å². The number of phenolic OH excluding ortho intramolecular Hbond substituents is 1. The molecular weight excluding hydrogens is 526 g/mol. The van der Waals surface area contributed by atoms with E-state index in [1.165, 1.54) is 11.0 Å². The number of amides is 1. The van der Waals surface area contributed by atoms with Crippen LogP contribution in [0, 0.1) is 17.8 Å². The van der Waals surface area contributed by atoms with Gasteiger partial charge in [0.25, 0.3) is 5.91 Å². The average molecular weight is 562 g/mol. The second kappa shape index (κ2) is 10.2. The molecule has 4 atom stereocenters. The Morgan fingerprint density at radius 1 is 1.21 bits per heavy atom. The van der Waals surface area contributed by atoms with Crippen LogP contribution in [0.5, 0.6) is 5.75 Å². The van der Waals surface area contributed by atoms with Crippen LogP contribution in [0.1, 0.15) is 48.2 Å². The highest BCUT2D eigenvalue weighted by Gasteiger charge is 2.63. The molecule has 1 aromatic rings. The molecule has 0 unspecified atom stereocenters. The highest BCUT2D eigenvalue weighted by Crippen LogP contribution is 2.53. The molecule has 0 fully saturated rings. The Morgan fingerprint density at radius 2 is 1.85 bits per heavy atom. The van der Waals surface area contributed by atoms with Gasteiger partial charge < -0.3 is 31.1 Å². The lowest BCUT2D eigenvalue weighted by molar-refractivity contribution is -0.148. The number of hydrogen-bond donors (Lipinski definition) is 5. The van der Waals surface area contributed by atoms with Crippen molar-refractivity contribution in [1.82, 2.24) is 9.80 Å². The van der Waals surface area contributed by atoms with Crippen LogP contribution >= 0.6 is 11.6 Å². The van der Waals surface area contributed by atoms with Gasteiger partial charge in [-0.3, -0.25) is 19.3 Å². The number of nitrogens with zero attached hydrogens (tertiary/aromatic N) is 2. The monoisotopic (exact) mass is 561 g/mol. The third-order valence-corrected chi connectivity index (χ3v) is 8.73. The van der Waals surface area contributed by atoms with Crippen molar-refractivity contribution in [2.24, 2.45) is 23.5 Å². The van der Waals surface area contributed by atoms with Crippen molar-refractivity contribution in [2.45, 2.75) is 51.3 Å². The van der Waals surface area contributed by atoms with Gasteiger partial charge in [-0.1, -0.05) is 25.4 Å². The molecule has 39 heavy (non-hydrogen) atoms. The first-order valence-electron chi connectivity index (χ1n) is 13.0. The summed E-state index contributed by atoms with van der Waals surface area (Å²) in [7, 11) is 5.12. The molecule has 4 rings (SSSR count). The number of aromatic hydroxyl groups is 1. The standard InChI is InChI=1S/C28H36ClN3O7/c1-12(2)6-7-32(5)11-14-10-17(33)19-15(21(14)29)8-13-9-16-22(31(3)4)24(35)20(27(30)38)26(37)28(16,39)25(36)18(13)23(19)34/h10,12-13,16,22,33,35-36,39H,6-9,11H2,1-5H3,(H2,30,38)/t13-,16-,22-,28-/m0/s1. The first kappa shape index (κ1) is 29.1. The Kier molecular flexibility index (Phi) is 7.63. The van der Waals surface area contributed by atoms with Gasteiger partial charge in [-0.25, -0.2) is 0 Å². The Morgan fingerprint density at radius 3 is 2.41 bits per heavy atom. The number of likely N-dealkylation sites (N-methyl/N-ethyl adjacent to an activating group) is 1. The minimum atomic E-state index is -2.66. The number of primary amides is 1. The normalized spacial score (nSPS) is 26.9. The van der Waals surface area contributed by atoms with E-state index in [2.05, 4.69) is 18.7 Å². The molecule has 6 N–H and O–H groups in total. The van der Waals surface area contributed by atoms with Gasteiger partial charge in [0.1, 0.15) is 22.8 Å². The molecule has 0 radical (unpaired) electrons. The van der Waals surface area contributed by atoms with E-state index < -0.39 is 58.0 Å². The predicted molar refractivity (Wildman–Crippen MR) is 144 cm³/mol. The number of allylic oxidation sites excluding steroid dienone is 1. The molecule has 0 saturated heterocycles. The van der Waals surface area contributed by atoms with Gasteiger partial charge in [0.2, 0.25) is 5.78 Å². The zero-order chi connectivity index (χ0) is 29.1. The summed E-state index contributed by atoms with van der Waals surface area (Å²) >= 11 is 6.80. The fraction of sp³-hybridized carbons (Fsp3) is 0.536. The Labute approximate surface area is 232 Å². The second-order valence-electron chi connectivity index (χ2n) is 11.6. The molecule has 11 heteroatoms. The van der Waals surface area contributed by atoms with E-state index in [1.807, 2.05) is 7.05 Å². The predicted octanol–water partition coefficient (Wildman–Crippen LogP) is 2.25. The third kappa shape index (κ3) is 4.53. The molecule has 0 aliphatic heterocycles. The SMILES string of the molecule is CC(C)CCN(C)Cc1cc(O)c2c(c1Cl)C[C@H]1C[C@H]3[C@H](N(C)C)C(O)=C(C(N)=O)C(=O)[C@@]3(O)C(O)=C1C2=O. The lowest BCUT2D eigenvalue weighted by Gasteiger charge is -2.50. The largest absolute Gasteiger partial charge is 0.510 e. The van der Waals surface area contributed by atoms with Crippen LogP contribution < -0.4 is 5.73 Å². The zero-order valence-electron chi connectivity index (χ0n) is 22.8. The molecule has 3 aliphatic carbocycles. The smallest absolute Gasteiger partial charge is 0.255 e. The summed E-state index contributed by atoms with van der Waals surface area (Å²) in [5, 5.41) is 45.1. The third-order valence-electron chi connectivity index (χ3n) is 8.26. The van der Waals surface area contributed by atoms with Crippen LogP contribution in [0.15, 0.2) is 28.7 Å². The first-order chi connectivity index (χ1) is 18.1. The van der Waals surface area contributed by atoms with E-state index in [4.69, 9.17) is 17.3 Å². The summed E-state index contributed by atoms with van der Waals surface area (Å²) in [6.45, 7) is 5.54. The van der Waals surface area contributed by atoms with Crippen molar-refractivity contribution in [3.8, 4) is 5.75 Å². The molecule has 3 aliphatic rings. The lowest BCUT2D eigenvalue weighted by Crippen LogP contribution is -2.63. The first-order valence-corrected chi connectivity index (χ1v) is 13.4. The number of ketones is 2. The number of fused-ring (bicyclic) bond motifs is 3. The number of Topliss-reactive ketones (excluding diaryl/α,β-unsaturated/α-hetero) is 2. The Bertz CT molecular complexity index is 1320. The summed E-state index contributed by atoms with van der Waals surface area (Å²) in [6.07, 6.45) is 1.15. The number of nitrogens with two attached hydrogens (primary N) is 1. The highest BCUT2D eigenvalue weighted by atomic mass is 35.5. The van der Waals surface area contributed by atoms with E-state index in [-0.39, 0.29) is 29.7 Å². The molecule has 0 spiro atoms. The molecule has 0 saturated carbocycles. The van der Waals surface area contributed by atoms with Gasteiger partial charge in [-0.05, 0) is 76.0 Å². The maximum atomic E-state index is 13.7. The van der Waals surface area contributed by atoms with E-state index in [1.54, 1.807) is 14.1 Å². The maximum Gasteiger partial charge on any atom is 0.255 e. The van der Waals surface area contributed by atoms with Crippen LogP contribution in [-0.4, -0.2) is 87.0 Å². The van der Waals surface area contributed by atoms with E-state index in [0.717, 1.165) is 13.0 Å². The number of carbonyl (C=O) groups is 3. The number of hydrogen-bond acceptors (Lipinski definition) is 9. The van der Waals surface area contributed by atoms with Crippen LogP contribution in [-0.2, 0) is 22.6 Å². The van der Waals surface area contributed by atoms with E-state index >= 15 is 0 Å². The molecule has 10 nitrogen and oxygen atoms in total.